The Morgan fingerprint density at radius 3 is 2.71 bits per heavy atom. The number of rotatable bonds is 2. The topological polar surface area (TPSA) is 57.5 Å². The molecule has 0 amide bonds. The maximum Gasteiger partial charge on any atom is 0.253 e. The molecule has 7 nitrogen and oxygen atoms in total. The molecule has 2 atom stereocenters. The van der Waals surface area contributed by atoms with Gasteiger partial charge < -0.3 is 9.80 Å². The zero-order chi connectivity index (χ0) is 21.7. The highest BCUT2D eigenvalue weighted by molar-refractivity contribution is 9.10. The normalized spacial score (nSPS) is 22.1. The van der Waals surface area contributed by atoms with Gasteiger partial charge in [0.1, 0.15) is 11.5 Å². The molecule has 8 heteroatoms. The molecule has 0 bridgehead atoms. The lowest BCUT2D eigenvalue weighted by Gasteiger charge is -2.51. The Balaban J connectivity index is 1.46. The lowest BCUT2D eigenvalue weighted by atomic mass is 10.0. The highest BCUT2D eigenvalue weighted by Crippen LogP contribution is 2.31. The second-order valence-electron chi connectivity index (χ2n) is 8.69. The van der Waals surface area contributed by atoms with Gasteiger partial charge in [0.15, 0.2) is 0 Å². The Morgan fingerprint density at radius 2 is 1.90 bits per heavy atom. The van der Waals surface area contributed by atoms with Crippen molar-refractivity contribution in [3.05, 3.63) is 57.0 Å². The fourth-order valence-electron chi connectivity index (χ4n) is 5.14. The first-order valence-corrected chi connectivity index (χ1v) is 11.5. The minimum Gasteiger partial charge on any atom is -0.368 e. The minimum atomic E-state index is -0.0174. The second kappa shape index (κ2) is 7.91. The SMILES string of the molecule is Cc1cc(Br)cnc1N1CCN2C(C)CN(c3cc(=O)n(C)c4ncccc34)CC2C1. The molecular formula is C23H27BrN6O. The van der Waals surface area contributed by atoms with Gasteiger partial charge in [0.2, 0.25) is 0 Å². The van der Waals surface area contributed by atoms with Gasteiger partial charge in [-0.3, -0.25) is 14.3 Å². The standard InChI is InChI=1S/C23H27BrN6O/c1-15-9-17(24)11-26-22(15)28-7-8-30-16(2)12-29(14-18(30)13-28)20-10-21(31)27(3)23-19(20)5-4-6-25-23/h4-6,9-11,16,18H,7-8,12-14H2,1-3H3. The first-order chi connectivity index (χ1) is 14.9. The number of pyridine rings is 3. The fraction of sp³-hybridized carbons (Fsp3) is 0.435. The maximum absolute atomic E-state index is 12.6. The third-order valence-corrected chi connectivity index (χ3v) is 7.07. The van der Waals surface area contributed by atoms with Crippen molar-refractivity contribution < 1.29 is 0 Å². The number of aromatic nitrogens is 3. The number of hydrogen-bond donors (Lipinski definition) is 0. The Labute approximate surface area is 190 Å². The first kappa shape index (κ1) is 20.5. The zero-order valence-corrected chi connectivity index (χ0v) is 19.7. The average molecular weight is 483 g/mol. The van der Waals surface area contributed by atoms with Crippen LogP contribution in [0.25, 0.3) is 11.0 Å². The molecule has 0 aliphatic carbocycles. The molecule has 2 unspecified atom stereocenters. The molecule has 2 fully saturated rings. The third-order valence-electron chi connectivity index (χ3n) is 6.64. The second-order valence-corrected chi connectivity index (χ2v) is 9.60. The van der Waals surface area contributed by atoms with Crippen LogP contribution in [0.5, 0.6) is 0 Å². The summed E-state index contributed by atoms with van der Waals surface area (Å²) in [6.07, 6.45) is 3.63. The van der Waals surface area contributed by atoms with Gasteiger partial charge in [0.25, 0.3) is 5.56 Å². The summed E-state index contributed by atoms with van der Waals surface area (Å²) in [6, 6.07) is 8.70. The predicted octanol–water partition coefficient (Wildman–Crippen LogP) is 2.80. The van der Waals surface area contributed by atoms with Crippen LogP contribution < -0.4 is 15.4 Å². The molecule has 0 saturated carbocycles. The molecule has 2 saturated heterocycles. The van der Waals surface area contributed by atoms with Gasteiger partial charge in [-0.05, 0) is 53.5 Å². The summed E-state index contributed by atoms with van der Waals surface area (Å²) in [5, 5.41) is 1.03. The predicted molar refractivity (Wildman–Crippen MR) is 128 cm³/mol. The Kier molecular flexibility index (Phi) is 5.22. The van der Waals surface area contributed by atoms with Crippen molar-refractivity contribution in [1.29, 1.82) is 0 Å². The van der Waals surface area contributed by atoms with E-state index in [4.69, 9.17) is 4.98 Å². The molecule has 0 N–H and O–H groups in total. The largest absolute Gasteiger partial charge is 0.368 e. The lowest BCUT2D eigenvalue weighted by molar-refractivity contribution is 0.108. The van der Waals surface area contributed by atoms with E-state index in [-0.39, 0.29) is 5.56 Å². The number of hydrogen-bond acceptors (Lipinski definition) is 6. The van der Waals surface area contributed by atoms with Crippen LogP contribution in [0, 0.1) is 6.92 Å². The van der Waals surface area contributed by atoms with E-state index in [1.165, 1.54) is 5.56 Å². The van der Waals surface area contributed by atoms with Crippen LogP contribution in [0.3, 0.4) is 0 Å². The minimum absolute atomic E-state index is 0.0174. The molecule has 5 rings (SSSR count). The first-order valence-electron chi connectivity index (χ1n) is 10.7. The van der Waals surface area contributed by atoms with Crippen LogP contribution in [0.4, 0.5) is 11.5 Å². The highest BCUT2D eigenvalue weighted by atomic mass is 79.9. The van der Waals surface area contributed by atoms with Crippen LogP contribution in [-0.2, 0) is 7.05 Å². The summed E-state index contributed by atoms with van der Waals surface area (Å²) in [5.41, 5.74) is 2.90. The van der Waals surface area contributed by atoms with E-state index in [0.29, 0.717) is 12.1 Å². The molecule has 0 aromatic carbocycles. The van der Waals surface area contributed by atoms with Gasteiger partial charge in [0.05, 0.1) is 5.69 Å². The highest BCUT2D eigenvalue weighted by Gasteiger charge is 2.37. The van der Waals surface area contributed by atoms with Crippen molar-refractivity contribution in [2.75, 3.05) is 42.5 Å². The van der Waals surface area contributed by atoms with Crippen LogP contribution in [0.1, 0.15) is 12.5 Å². The van der Waals surface area contributed by atoms with E-state index in [0.717, 1.165) is 59.7 Å². The van der Waals surface area contributed by atoms with Gasteiger partial charge in [-0.2, -0.15) is 0 Å². The maximum atomic E-state index is 12.6. The summed E-state index contributed by atoms with van der Waals surface area (Å²) in [4.78, 5) is 29.2. The number of halogens is 1. The van der Waals surface area contributed by atoms with E-state index in [2.05, 4.69) is 61.6 Å². The average Bonchev–Trinajstić information content (AvgIpc) is 2.76. The molecule has 0 spiro atoms. The van der Waals surface area contributed by atoms with E-state index in [1.54, 1.807) is 23.9 Å². The van der Waals surface area contributed by atoms with Crippen molar-refractivity contribution in [1.82, 2.24) is 19.4 Å². The van der Waals surface area contributed by atoms with Crippen LogP contribution in [-0.4, -0.2) is 64.2 Å². The van der Waals surface area contributed by atoms with Crippen molar-refractivity contribution >= 4 is 38.5 Å². The quantitative estimate of drug-likeness (QED) is 0.559. The van der Waals surface area contributed by atoms with Crippen LogP contribution >= 0.6 is 15.9 Å². The van der Waals surface area contributed by atoms with Gasteiger partial charge in [-0.1, -0.05) is 0 Å². The van der Waals surface area contributed by atoms with Gasteiger partial charge in [-0.15, -0.1) is 0 Å². The van der Waals surface area contributed by atoms with E-state index in [9.17, 15) is 4.79 Å². The Morgan fingerprint density at radius 1 is 1.10 bits per heavy atom. The summed E-state index contributed by atoms with van der Waals surface area (Å²) < 4.78 is 2.64. The van der Waals surface area contributed by atoms with Gasteiger partial charge >= 0.3 is 0 Å². The van der Waals surface area contributed by atoms with Crippen molar-refractivity contribution in [2.24, 2.45) is 7.05 Å². The Hall–Kier alpha value is -2.45. The van der Waals surface area contributed by atoms with Crippen molar-refractivity contribution in [3.8, 4) is 0 Å². The summed E-state index contributed by atoms with van der Waals surface area (Å²) >= 11 is 3.52. The molecule has 5 heterocycles. The number of nitrogens with zero attached hydrogens (tertiary/aromatic N) is 6. The van der Waals surface area contributed by atoms with E-state index in [1.807, 2.05) is 12.3 Å². The van der Waals surface area contributed by atoms with Gasteiger partial charge in [-0.25, -0.2) is 9.97 Å². The van der Waals surface area contributed by atoms with Gasteiger partial charge in [0, 0.05) is 80.2 Å². The monoisotopic (exact) mass is 482 g/mol. The number of fused-ring (bicyclic) bond motifs is 2. The molecule has 31 heavy (non-hydrogen) atoms. The molecule has 0 radical (unpaired) electrons. The van der Waals surface area contributed by atoms with E-state index >= 15 is 0 Å². The summed E-state index contributed by atoms with van der Waals surface area (Å²) in [7, 11) is 1.79. The molecule has 162 valence electrons. The lowest BCUT2D eigenvalue weighted by Crippen LogP contribution is -2.65. The zero-order valence-electron chi connectivity index (χ0n) is 18.1. The molecule has 2 aliphatic rings. The van der Waals surface area contributed by atoms with Crippen molar-refractivity contribution in [3.63, 3.8) is 0 Å². The molecule has 3 aromatic rings. The Bertz CT molecular complexity index is 1190. The summed E-state index contributed by atoms with van der Waals surface area (Å²) in [5.74, 6) is 1.07. The summed E-state index contributed by atoms with van der Waals surface area (Å²) in [6.45, 7) is 9.13. The number of anilines is 2. The van der Waals surface area contributed by atoms with Crippen LogP contribution in [0.2, 0.25) is 0 Å². The molecular weight excluding hydrogens is 456 g/mol. The number of aryl methyl sites for hydroxylation is 2. The number of piperazine rings is 2. The van der Waals surface area contributed by atoms with Crippen molar-refractivity contribution in [2.45, 2.75) is 25.9 Å². The van der Waals surface area contributed by atoms with Crippen LogP contribution in [0.15, 0.2) is 45.9 Å². The smallest absolute Gasteiger partial charge is 0.253 e. The molecule has 3 aromatic heterocycles. The molecule has 2 aliphatic heterocycles. The third kappa shape index (κ3) is 3.61. The fourth-order valence-corrected chi connectivity index (χ4v) is 5.59. The van der Waals surface area contributed by atoms with E-state index < -0.39 is 0 Å².